The highest BCUT2D eigenvalue weighted by atomic mass is 16.5. The van der Waals surface area contributed by atoms with Gasteiger partial charge in [-0.2, -0.15) is 0 Å². The van der Waals surface area contributed by atoms with Crippen LogP contribution < -0.4 is 10.1 Å². The van der Waals surface area contributed by atoms with E-state index in [4.69, 9.17) is 14.2 Å². The van der Waals surface area contributed by atoms with E-state index in [1.165, 1.54) is 0 Å². The fourth-order valence-electron chi connectivity index (χ4n) is 4.62. The van der Waals surface area contributed by atoms with Crippen molar-refractivity contribution in [3.8, 4) is 5.75 Å². The van der Waals surface area contributed by atoms with E-state index in [0.717, 1.165) is 103 Å². The Bertz CT molecular complexity index is 699. The molecule has 0 radical (unpaired) electrons. The molecular formula is C24H38N4O4. The van der Waals surface area contributed by atoms with Gasteiger partial charge in [0.15, 0.2) is 0 Å². The van der Waals surface area contributed by atoms with Crippen LogP contribution in [0.2, 0.25) is 0 Å². The number of urea groups is 1. The zero-order valence-electron chi connectivity index (χ0n) is 19.2. The highest BCUT2D eigenvalue weighted by Crippen LogP contribution is 2.19. The first kappa shape index (κ1) is 23.3. The lowest BCUT2D eigenvalue weighted by molar-refractivity contribution is 0.0258. The van der Waals surface area contributed by atoms with Gasteiger partial charge in [0.1, 0.15) is 12.4 Å². The van der Waals surface area contributed by atoms with Crippen molar-refractivity contribution >= 4 is 6.03 Å². The topological polar surface area (TPSA) is 66.5 Å². The Morgan fingerprint density at radius 3 is 2.38 bits per heavy atom. The summed E-state index contributed by atoms with van der Waals surface area (Å²) in [6.07, 6.45) is 2.16. The quantitative estimate of drug-likeness (QED) is 0.655. The maximum absolute atomic E-state index is 12.6. The Labute approximate surface area is 191 Å². The molecule has 0 aliphatic carbocycles. The minimum atomic E-state index is 0.0356. The van der Waals surface area contributed by atoms with Gasteiger partial charge in [0, 0.05) is 58.9 Å². The lowest BCUT2D eigenvalue weighted by atomic mass is 9.96. The Morgan fingerprint density at radius 1 is 0.969 bits per heavy atom. The first-order valence-electron chi connectivity index (χ1n) is 12.1. The van der Waals surface area contributed by atoms with Crippen LogP contribution in [0.25, 0.3) is 0 Å². The molecule has 0 unspecified atom stereocenters. The molecule has 3 fully saturated rings. The third-order valence-electron chi connectivity index (χ3n) is 6.64. The maximum atomic E-state index is 12.6. The number of nitrogens with one attached hydrogen (secondary N) is 1. The van der Waals surface area contributed by atoms with Crippen LogP contribution in [-0.2, 0) is 16.0 Å². The second-order valence-electron chi connectivity index (χ2n) is 8.95. The molecule has 3 heterocycles. The number of benzene rings is 1. The molecule has 3 saturated heterocycles. The average molecular weight is 447 g/mol. The van der Waals surface area contributed by atoms with E-state index in [1.807, 2.05) is 29.2 Å². The number of amides is 2. The molecule has 1 N–H and O–H groups in total. The fourth-order valence-corrected chi connectivity index (χ4v) is 4.62. The lowest BCUT2D eigenvalue weighted by Gasteiger charge is -2.36. The van der Waals surface area contributed by atoms with Crippen molar-refractivity contribution in [1.82, 2.24) is 20.0 Å². The van der Waals surface area contributed by atoms with Gasteiger partial charge in [0.25, 0.3) is 0 Å². The smallest absolute Gasteiger partial charge is 0.317 e. The first-order valence-corrected chi connectivity index (χ1v) is 12.1. The van der Waals surface area contributed by atoms with Gasteiger partial charge in [-0.15, -0.1) is 0 Å². The summed E-state index contributed by atoms with van der Waals surface area (Å²) >= 11 is 0. The molecule has 4 rings (SSSR count). The molecule has 32 heavy (non-hydrogen) atoms. The average Bonchev–Trinajstić information content (AvgIpc) is 2.85. The molecule has 8 nitrogen and oxygen atoms in total. The maximum Gasteiger partial charge on any atom is 0.317 e. The Morgan fingerprint density at radius 2 is 1.66 bits per heavy atom. The van der Waals surface area contributed by atoms with Gasteiger partial charge in [-0.25, -0.2) is 4.79 Å². The first-order chi connectivity index (χ1) is 15.8. The summed E-state index contributed by atoms with van der Waals surface area (Å²) in [5, 5.41) is 3.08. The fraction of sp³-hybridized carbons (Fsp3) is 0.708. The van der Waals surface area contributed by atoms with Crippen molar-refractivity contribution in [1.29, 1.82) is 0 Å². The normalized spacial score (nSPS) is 21.4. The van der Waals surface area contributed by atoms with Crippen molar-refractivity contribution in [2.45, 2.75) is 19.4 Å². The highest BCUT2D eigenvalue weighted by Gasteiger charge is 2.24. The number of rotatable bonds is 8. The third-order valence-corrected chi connectivity index (χ3v) is 6.64. The Kier molecular flexibility index (Phi) is 9.02. The molecule has 8 heteroatoms. The predicted molar refractivity (Wildman–Crippen MR) is 123 cm³/mol. The summed E-state index contributed by atoms with van der Waals surface area (Å²) < 4.78 is 16.7. The molecule has 0 atom stereocenters. The summed E-state index contributed by atoms with van der Waals surface area (Å²) in [6, 6.07) is 8.05. The van der Waals surface area contributed by atoms with E-state index in [0.29, 0.717) is 19.1 Å². The van der Waals surface area contributed by atoms with Crippen molar-refractivity contribution in [2.24, 2.45) is 5.92 Å². The molecule has 0 aromatic heterocycles. The van der Waals surface area contributed by atoms with Crippen LogP contribution in [0.1, 0.15) is 18.4 Å². The SMILES string of the molecule is O=C(NCc1cccc(OCCN2CCOCC2)c1)N1CCC(CN2CCOCC2)CC1. The molecule has 1 aromatic rings. The molecule has 3 aliphatic heterocycles. The number of hydrogen-bond donors (Lipinski definition) is 1. The second-order valence-corrected chi connectivity index (χ2v) is 8.95. The largest absolute Gasteiger partial charge is 0.492 e. The zero-order valence-corrected chi connectivity index (χ0v) is 19.2. The van der Waals surface area contributed by atoms with Crippen LogP contribution in [-0.4, -0.2) is 106 Å². The van der Waals surface area contributed by atoms with Gasteiger partial charge in [0.05, 0.1) is 26.4 Å². The van der Waals surface area contributed by atoms with Crippen molar-refractivity contribution in [2.75, 3.05) is 85.4 Å². The van der Waals surface area contributed by atoms with Gasteiger partial charge in [0.2, 0.25) is 0 Å². The number of ether oxygens (including phenoxy) is 3. The van der Waals surface area contributed by atoms with Gasteiger partial charge in [-0.3, -0.25) is 9.80 Å². The van der Waals surface area contributed by atoms with Gasteiger partial charge in [-0.05, 0) is 36.5 Å². The van der Waals surface area contributed by atoms with E-state index in [1.54, 1.807) is 0 Å². The van der Waals surface area contributed by atoms with E-state index < -0.39 is 0 Å². The minimum Gasteiger partial charge on any atom is -0.492 e. The van der Waals surface area contributed by atoms with E-state index >= 15 is 0 Å². The lowest BCUT2D eigenvalue weighted by Crippen LogP contribution is -2.47. The van der Waals surface area contributed by atoms with Gasteiger partial charge >= 0.3 is 6.03 Å². The molecule has 1 aromatic carbocycles. The molecule has 3 aliphatic rings. The van der Waals surface area contributed by atoms with E-state index in [-0.39, 0.29) is 6.03 Å². The molecule has 0 saturated carbocycles. The highest BCUT2D eigenvalue weighted by molar-refractivity contribution is 5.74. The number of hydrogen-bond acceptors (Lipinski definition) is 6. The number of morpholine rings is 2. The van der Waals surface area contributed by atoms with Crippen LogP contribution in [0, 0.1) is 5.92 Å². The van der Waals surface area contributed by atoms with Crippen molar-refractivity contribution < 1.29 is 19.0 Å². The molecular weight excluding hydrogens is 408 g/mol. The van der Waals surface area contributed by atoms with E-state index in [2.05, 4.69) is 15.1 Å². The Balaban J connectivity index is 1.13. The number of nitrogens with zero attached hydrogens (tertiary/aromatic N) is 3. The number of piperidine rings is 1. The summed E-state index contributed by atoms with van der Waals surface area (Å²) in [6.45, 7) is 12.2. The minimum absolute atomic E-state index is 0.0356. The van der Waals surface area contributed by atoms with Crippen LogP contribution in [0.15, 0.2) is 24.3 Å². The van der Waals surface area contributed by atoms with Crippen LogP contribution in [0.4, 0.5) is 4.79 Å². The molecule has 0 bridgehead atoms. The predicted octanol–water partition coefficient (Wildman–Crippen LogP) is 1.65. The summed E-state index contributed by atoms with van der Waals surface area (Å²) in [7, 11) is 0. The second kappa shape index (κ2) is 12.4. The number of carbonyl (C=O) groups excluding carboxylic acids is 1. The zero-order chi connectivity index (χ0) is 22.0. The van der Waals surface area contributed by atoms with Gasteiger partial charge in [-0.1, -0.05) is 12.1 Å². The molecule has 2 amide bonds. The van der Waals surface area contributed by atoms with Gasteiger partial charge < -0.3 is 24.4 Å². The summed E-state index contributed by atoms with van der Waals surface area (Å²) in [5.41, 5.74) is 1.06. The molecule has 0 spiro atoms. The summed E-state index contributed by atoms with van der Waals surface area (Å²) in [4.78, 5) is 19.5. The monoisotopic (exact) mass is 446 g/mol. The van der Waals surface area contributed by atoms with Crippen molar-refractivity contribution in [3.63, 3.8) is 0 Å². The van der Waals surface area contributed by atoms with Crippen LogP contribution in [0.3, 0.4) is 0 Å². The van der Waals surface area contributed by atoms with Crippen LogP contribution in [0.5, 0.6) is 5.75 Å². The summed E-state index contributed by atoms with van der Waals surface area (Å²) in [5.74, 6) is 1.54. The number of likely N-dealkylation sites (tertiary alicyclic amines) is 1. The Hall–Kier alpha value is -1.87. The van der Waals surface area contributed by atoms with E-state index in [9.17, 15) is 4.79 Å². The van der Waals surface area contributed by atoms with Crippen LogP contribution >= 0.6 is 0 Å². The third kappa shape index (κ3) is 7.33. The molecule has 178 valence electrons. The standard InChI is InChI=1S/C24H38N4O4/c29-24(28-6-4-21(5-7-28)20-27-10-15-31-16-11-27)25-19-22-2-1-3-23(18-22)32-17-12-26-8-13-30-14-9-26/h1-3,18,21H,4-17,19-20H2,(H,25,29). The number of carbonyl (C=O) groups is 1. The van der Waals surface area contributed by atoms with Crippen molar-refractivity contribution in [3.05, 3.63) is 29.8 Å².